The Balaban J connectivity index is 1.97. The summed E-state index contributed by atoms with van der Waals surface area (Å²) in [5, 5.41) is 20.8. The van der Waals surface area contributed by atoms with E-state index in [1.165, 1.54) is 7.11 Å². The number of carbonyl (C=O) groups excluding carboxylic acids is 2. The zero-order chi connectivity index (χ0) is 28.5. The number of nitrogens with zero attached hydrogens (tertiary/aromatic N) is 2. The normalized spacial score (nSPS) is 12.6. The van der Waals surface area contributed by atoms with E-state index < -0.39 is 12.2 Å². The summed E-state index contributed by atoms with van der Waals surface area (Å²) in [4.78, 5) is 24.9. The molecular formula is C29H38N4O6. The fraction of sp³-hybridized carbons (Fsp3) is 0.414. The van der Waals surface area contributed by atoms with Gasteiger partial charge >= 0.3 is 5.97 Å². The molecule has 0 aliphatic heterocycles. The number of ether oxygens (including phenoxy) is 3. The molecule has 1 amide bonds. The second-order valence-corrected chi connectivity index (χ2v) is 9.71. The van der Waals surface area contributed by atoms with Crippen molar-refractivity contribution < 1.29 is 28.9 Å². The van der Waals surface area contributed by atoms with E-state index in [2.05, 4.69) is 20.5 Å². The maximum Gasteiger partial charge on any atom is 0.319 e. The first-order valence-electron chi connectivity index (χ1n) is 12.8. The molecule has 0 saturated heterocycles. The molecule has 0 spiro atoms. The van der Waals surface area contributed by atoms with Crippen LogP contribution in [0.25, 0.3) is 16.9 Å². The Hall–Kier alpha value is -3.89. The van der Waals surface area contributed by atoms with Crippen molar-refractivity contribution in [2.45, 2.75) is 45.9 Å². The number of aryl methyl sites for hydroxylation is 1. The van der Waals surface area contributed by atoms with Crippen molar-refractivity contribution in [3.8, 4) is 28.4 Å². The highest BCUT2D eigenvalue weighted by Crippen LogP contribution is 2.39. The van der Waals surface area contributed by atoms with Gasteiger partial charge in [0.25, 0.3) is 5.91 Å². The average Bonchev–Trinajstić information content (AvgIpc) is 3.36. The molecule has 1 unspecified atom stereocenters. The second kappa shape index (κ2) is 13.8. The van der Waals surface area contributed by atoms with Gasteiger partial charge in [-0.2, -0.15) is 5.10 Å². The summed E-state index contributed by atoms with van der Waals surface area (Å²) in [5.41, 5.74) is 3.35. The Bertz CT molecular complexity index is 1230. The molecule has 2 aromatic carbocycles. The molecule has 3 aromatic rings. The summed E-state index contributed by atoms with van der Waals surface area (Å²) < 4.78 is 17.6. The third kappa shape index (κ3) is 7.81. The highest BCUT2D eigenvalue weighted by atomic mass is 16.5. The molecule has 10 heteroatoms. The first-order valence-corrected chi connectivity index (χ1v) is 12.8. The van der Waals surface area contributed by atoms with Crippen molar-refractivity contribution >= 4 is 11.9 Å². The molecule has 0 aliphatic rings. The molecular weight excluding hydrogens is 500 g/mol. The van der Waals surface area contributed by atoms with E-state index in [0.29, 0.717) is 29.2 Å². The van der Waals surface area contributed by atoms with Crippen LogP contribution in [0.5, 0.6) is 11.5 Å². The minimum absolute atomic E-state index is 0.134. The molecule has 2 atom stereocenters. The lowest BCUT2D eigenvalue weighted by Gasteiger charge is -2.23. The van der Waals surface area contributed by atoms with Crippen molar-refractivity contribution in [2.24, 2.45) is 5.92 Å². The number of aromatic nitrogens is 2. The molecule has 0 saturated carbocycles. The summed E-state index contributed by atoms with van der Waals surface area (Å²) in [6.45, 7) is 5.93. The molecule has 1 heterocycles. The van der Waals surface area contributed by atoms with E-state index in [9.17, 15) is 14.7 Å². The maximum absolute atomic E-state index is 13.5. The Morgan fingerprint density at radius 3 is 2.21 bits per heavy atom. The standard InChI is InChI=1S/C29H38N4O6/c1-18(2)14-20(15-26(34)30-17-27(35)39-6)31-29(36)22-16-23(28-24(37-4)8-7-9-25(28)38-5)33(32-22)21-12-10-19(3)11-13-21/h7-13,16,18,20,26,30,34H,14-15,17H2,1-6H3,(H,31,36)/t20-,26?/m0/s1. The van der Waals surface area contributed by atoms with Crippen LogP contribution in [-0.2, 0) is 9.53 Å². The lowest BCUT2D eigenvalue weighted by molar-refractivity contribution is -0.140. The fourth-order valence-corrected chi connectivity index (χ4v) is 4.33. The first-order chi connectivity index (χ1) is 18.7. The summed E-state index contributed by atoms with van der Waals surface area (Å²) in [7, 11) is 4.44. The van der Waals surface area contributed by atoms with Gasteiger partial charge in [0.05, 0.1) is 44.8 Å². The van der Waals surface area contributed by atoms with E-state index in [-0.39, 0.29) is 36.5 Å². The van der Waals surface area contributed by atoms with Crippen LogP contribution in [0, 0.1) is 12.8 Å². The first kappa shape index (κ1) is 29.7. The number of hydrogen-bond donors (Lipinski definition) is 3. The van der Waals surface area contributed by atoms with Gasteiger partial charge in [-0.3, -0.25) is 14.9 Å². The quantitative estimate of drug-likeness (QED) is 0.223. The van der Waals surface area contributed by atoms with E-state index in [1.54, 1.807) is 25.0 Å². The van der Waals surface area contributed by atoms with Crippen LogP contribution in [0.3, 0.4) is 0 Å². The molecule has 0 bridgehead atoms. The topological polar surface area (TPSA) is 124 Å². The van der Waals surface area contributed by atoms with Crippen LogP contribution in [0.2, 0.25) is 0 Å². The van der Waals surface area contributed by atoms with Crippen LogP contribution in [0.1, 0.15) is 42.7 Å². The van der Waals surface area contributed by atoms with Crippen LogP contribution in [0.4, 0.5) is 0 Å². The lowest BCUT2D eigenvalue weighted by Crippen LogP contribution is -2.43. The monoisotopic (exact) mass is 538 g/mol. The number of benzene rings is 2. The number of amides is 1. The molecule has 210 valence electrons. The van der Waals surface area contributed by atoms with Crippen LogP contribution < -0.4 is 20.1 Å². The number of nitrogens with one attached hydrogen (secondary N) is 2. The van der Waals surface area contributed by atoms with Crippen molar-refractivity contribution in [3.63, 3.8) is 0 Å². The van der Waals surface area contributed by atoms with Crippen LogP contribution in [-0.4, -0.2) is 66.9 Å². The second-order valence-electron chi connectivity index (χ2n) is 9.71. The molecule has 39 heavy (non-hydrogen) atoms. The van der Waals surface area contributed by atoms with Crippen molar-refractivity contribution in [3.05, 3.63) is 59.8 Å². The van der Waals surface area contributed by atoms with Gasteiger partial charge in [0.2, 0.25) is 0 Å². The molecule has 3 rings (SSSR count). The molecule has 3 N–H and O–H groups in total. The molecule has 0 aliphatic carbocycles. The Kier molecular flexibility index (Phi) is 10.5. The number of esters is 1. The largest absolute Gasteiger partial charge is 0.496 e. The molecule has 0 radical (unpaired) electrons. The van der Waals surface area contributed by atoms with E-state index >= 15 is 0 Å². The van der Waals surface area contributed by atoms with Gasteiger partial charge in [0.15, 0.2) is 5.69 Å². The van der Waals surface area contributed by atoms with Crippen LogP contribution in [0.15, 0.2) is 48.5 Å². The predicted molar refractivity (Wildman–Crippen MR) is 148 cm³/mol. The summed E-state index contributed by atoms with van der Waals surface area (Å²) >= 11 is 0. The predicted octanol–water partition coefficient (Wildman–Crippen LogP) is 3.48. The summed E-state index contributed by atoms with van der Waals surface area (Å²) in [6, 6.07) is 14.6. The number of carbonyl (C=O) groups is 2. The number of hydrogen-bond acceptors (Lipinski definition) is 8. The summed E-state index contributed by atoms with van der Waals surface area (Å²) in [5.74, 6) is 0.530. The molecule has 1 aromatic heterocycles. The number of methoxy groups -OCH3 is 3. The van der Waals surface area contributed by atoms with Crippen LogP contribution >= 0.6 is 0 Å². The van der Waals surface area contributed by atoms with Gasteiger partial charge in [0.1, 0.15) is 17.7 Å². The SMILES string of the molecule is COC(=O)CNC(O)C[C@H](CC(C)C)NC(=O)c1cc(-c2c(OC)cccc2OC)n(-c2ccc(C)cc2)n1. The summed E-state index contributed by atoms with van der Waals surface area (Å²) in [6.07, 6.45) is -0.187. The number of rotatable bonds is 13. The minimum atomic E-state index is -1.01. The highest BCUT2D eigenvalue weighted by Gasteiger charge is 2.25. The van der Waals surface area contributed by atoms with Crippen molar-refractivity contribution in [2.75, 3.05) is 27.9 Å². The molecule has 10 nitrogen and oxygen atoms in total. The van der Waals surface area contributed by atoms with E-state index in [4.69, 9.17) is 9.47 Å². The zero-order valence-corrected chi connectivity index (χ0v) is 23.4. The smallest absolute Gasteiger partial charge is 0.319 e. The Labute approximate surface area is 229 Å². The third-order valence-electron chi connectivity index (χ3n) is 6.21. The Morgan fingerprint density at radius 2 is 1.64 bits per heavy atom. The third-order valence-corrected chi connectivity index (χ3v) is 6.21. The van der Waals surface area contributed by atoms with Crippen molar-refractivity contribution in [1.82, 2.24) is 20.4 Å². The van der Waals surface area contributed by atoms with Gasteiger partial charge in [-0.05, 0) is 49.6 Å². The minimum Gasteiger partial charge on any atom is -0.496 e. The van der Waals surface area contributed by atoms with Gasteiger partial charge < -0.3 is 24.6 Å². The number of aliphatic hydroxyl groups excluding tert-OH is 1. The molecule has 0 fully saturated rings. The average molecular weight is 539 g/mol. The fourth-order valence-electron chi connectivity index (χ4n) is 4.33. The van der Waals surface area contributed by atoms with Crippen molar-refractivity contribution in [1.29, 1.82) is 0 Å². The maximum atomic E-state index is 13.5. The van der Waals surface area contributed by atoms with E-state index in [1.807, 2.05) is 63.2 Å². The van der Waals surface area contributed by atoms with Gasteiger partial charge in [-0.1, -0.05) is 37.6 Å². The van der Waals surface area contributed by atoms with Gasteiger partial charge in [-0.25, -0.2) is 4.68 Å². The number of aliphatic hydroxyl groups is 1. The Morgan fingerprint density at radius 1 is 1.00 bits per heavy atom. The van der Waals surface area contributed by atoms with Gasteiger partial charge in [0, 0.05) is 12.5 Å². The van der Waals surface area contributed by atoms with Gasteiger partial charge in [-0.15, -0.1) is 0 Å². The highest BCUT2D eigenvalue weighted by molar-refractivity contribution is 5.94. The lowest BCUT2D eigenvalue weighted by atomic mass is 10.00. The zero-order valence-electron chi connectivity index (χ0n) is 23.4. The van der Waals surface area contributed by atoms with E-state index in [0.717, 1.165) is 11.3 Å².